The first kappa shape index (κ1) is 23.9. The molecule has 170 valence electrons. The molecule has 0 saturated carbocycles. The summed E-state index contributed by atoms with van der Waals surface area (Å²) in [6.45, 7) is 1.98. The maximum Gasteiger partial charge on any atom is 0.417 e. The second-order valence-corrected chi connectivity index (χ2v) is 8.30. The summed E-state index contributed by atoms with van der Waals surface area (Å²) in [4.78, 5) is 30.9. The highest BCUT2D eigenvalue weighted by molar-refractivity contribution is 8.15. The highest BCUT2D eigenvalue weighted by Gasteiger charge is 2.36. The van der Waals surface area contributed by atoms with Gasteiger partial charge in [0.1, 0.15) is 11.0 Å². The average Bonchev–Trinajstić information content (AvgIpc) is 2.74. The van der Waals surface area contributed by atoms with Gasteiger partial charge >= 0.3 is 6.18 Å². The van der Waals surface area contributed by atoms with E-state index in [9.17, 15) is 22.8 Å². The number of benzene rings is 2. The number of amidine groups is 1. The van der Waals surface area contributed by atoms with Crippen LogP contribution in [0.4, 0.5) is 24.5 Å². The summed E-state index contributed by atoms with van der Waals surface area (Å²) in [6.07, 6.45) is -4.71. The van der Waals surface area contributed by atoms with Gasteiger partial charge in [0, 0.05) is 18.7 Å². The monoisotopic (exact) mass is 485 g/mol. The van der Waals surface area contributed by atoms with Gasteiger partial charge in [0.05, 0.1) is 23.4 Å². The molecule has 32 heavy (non-hydrogen) atoms. The van der Waals surface area contributed by atoms with Crippen molar-refractivity contribution in [3.63, 3.8) is 0 Å². The van der Waals surface area contributed by atoms with E-state index in [0.717, 1.165) is 23.9 Å². The normalized spacial score (nSPS) is 18.1. The molecule has 1 aliphatic rings. The predicted octanol–water partition coefficient (Wildman–Crippen LogP) is 5.35. The molecule has 2 amide bonds. The highest BCUT2D eigenvalue weighted by atomic mass is 35.5. The lowest BCUT2D eigenvalue weighted by Crippen LogP contribution is -2.45. The smallest absolute Gasteiger partial charge is 0.417 e. The number of alkyl halides is 3. The average molecular weight is 486 g/mol. The van der Waals surface area contributed by atoms with Crippen LogP contribution in [0.1, 0.15) is 18.9 Å². The third-order valence-corrected chi connectivity index (χ3v) is 6.10. The van der Waals surface area contributed by atoms with E-state index in [2.05, 4.69) is 10.3 Å². The van der Waals surface area contributed by atoms with Gasteiger partial charge in [-0.2, -0.15) is 13.2 Å². The number of halogens is 4. The van der Waals surface area contributed by atoms with E-state index < -0.39 is 27.9 Å². The van der Waals surface area contributed by atoms with Gasteiger partial charge in [0.2, 0.25) is 11.8 Å². The van der Waals surface area contributed by atoms with Crippen molar-refractivity contribution in [2.45, 2.75) is 24.8 Å². The SMILES string of the molecule is CCN1C(=O)CC(C(=O)Nc2ccc(OC)cc2)SC1=Nc1ccc(Cl)c(C(F)(F)F)c1. The second-order valence-electron chi connectivity index (χ2n) is 6.72. The number of thioether (sulfide) groups is 1. The Hall–Kier alpha value is -2.72. The zero-order valence-electron chi connectivity index (χ0n) is 17.1. The summed E-state index contributed by atoms with van der Waals surface area (Å²) < 4.78 is 44.6. The standard InChI is InChI=1S/C21H19ClF3N3O3S/c1-3-28-18(29)11-17(19(30)26-12-4-7-14(31-2)8-5-12)32-20(28)27-13-6-9-16(22)15(10-13)21(23,24)25/h4-10,17H,3,11H2,1-2H3,(H,26,30). The Balaban J connectivity index is 1.85. The summed E-state index contributed by atoms with van der Waals surface area (Å²) in [5, 5.41) is 1.64. The molecule has 0 aromatic heterocycles. The molecule has 0 radical (unpaired) electrons. The van der Waals surface area contributed by atoms with Crippen molar-refractivity contribution in [2.24, 2.45) is 4.99 Å². The fraction of sp³-hybridized carbons (Fsp3) is 0.286. The number of hydrogen-bond acceptors (Lipinski definition) is 5. The summed E-state index contributed by atoms with van der Waals surface area (Å²) in [5.41, 5.74) is -0.524. The fourth-order valence-electron chi connectivity index (χ4n) is 2.96. The van der Waals surface area contributed by atoms with E-state index in [0.29, 0.717) is 11.4 Å². The maximum absolute atomic E-state index is 13.2. The maximum atomic E-state index is 13.2. The summed E-state index contributed by atoms with van der Waals surface area (Å²) in [7, 11) is 1.52. The Bertz CT molecular complexity index is 1040. The van der Waals surface area contributed by atoms with Crippen LogP contribution < -0.4 is 10.1 Å². The van der Waals surface area contributed by atoms with E-state index >= 15 is 0 Å². The van der Waals surface area contributed by atoms with Crippen LogP contribution in [-0.2, 0) is 15.8 Å². The van der Waals surface area contributed by atoms with E-state index in [1.165, 1.54) is 18.1 Å². The first-order valence-corrected chi connectivity index (χ1v) is 10.8. The van der Waals surface area contributed by atoms with Crippen molar-refractivity contribution in [1.29, 1.82) is 0 Å². The predicted molar refractivity (Wildman–Crippen MR) is 119 cm³/mol. The molecule has 1 saturated heterocycles. The number of anilines is 1. The quantitative estimate of drug-likeness (QED) is 0.620. The van der Waals surface area contributed by atoms with Crippen LogP contribution in [0.5, 0.6) is 5.75 Å². The molecule has 2 aromatic rings. The molecule has 1 aliphatic heterocycles. The first-order valence-electron chi connectivity index (χ1n) is 9.49. The number of carbonyl (C=O) groups is 2. The van der Waals surface area contributed by atoms with Gasteiger partial charge < -0.3 is 10.1 Å². The van der Waals surface area contributed by atoms with Gasteiger partial charge in [-0.05, 0) is 49.4 Å². The highest BCUT2D eigenvalue weighted by Crippen LogP contribution is 2.38. The zero-order valence-corrected chi connectivity index (χ0v) is 18.6. The molecule has 1 atom stereocenters. The van der Waals surface area contributed by atoms with Crippen LogP contribution in [0.25, 0.3) is 0 Å². The molecule has 1 unspecified atom stereocenters. The van der Waals surface area contributed by atoms with Gasteiger partial charge in [-0.25, -0.2) is 4.99 Å². The molecule has 0 bridgehead atoms. The molecule has 6 nitrogen and oxygen atoms in total. The topological polar surface area (TPSA) is 71.0 Å². The minimum absolute atomic E-state index is 0.0216. The molecule has 3 rings (SSSR count). The number of carbonyl (C=O) groups excluding carboxylic acids is 2. The minimum Gasteiger partial charge on any atom is -0.497 e. The van der Waals surface area contributed by atoms with Gasteiger partial charge in [0.25, 0.3) is 0 Å². The number of nitrogens with zero attached hydrogens (tertiary/aromatic N) is 2. The zero-order chi connectivity index (χ0) is 23.5. The van der Waals surface area contributed by atoms with Crippen molar-refractivity contribution in [3.05, 3.63) is 53.1 Å². The van der Waals surface area contributed by atoms with Crippen LogP contribution in [0.3, 0.4) is 0 Å². The van der Waals surface area contributed by atoms with Crippen LogP contribution in [-0.4, -0.2) is 40.8 Å². The Kier molecular flexibility index (Phi) is 7.35. The lowest BCUT2D eigenvalue weighted by molar-refractivity contribution is -0.137. The fourth-order valence-corrected chi connectivity index (χ4v) is 4.35. The molecule has 0 spiro atoms. The Morgan fingerprint density at radius 2 is 1.97 bits per heavy atom. The molecule has 1 heterocycles. The van der Waals surface area contributed by atoms with Crippen LogP contribution in [0.15, 0.2) is 47.5 Å². The summed E-state index contributed by atoms with van der Waals surface area (Å²) in [5.74, 6) is -0.131. The van der Waals surface area contributed by atoms with Crippen LogP contribution in [0.2, 0.25) is 5.02 Å². The number of nitrogens with one attached hydrogen (secondary N) is 1. The number of methoxy groups -OCH3 is 1. The summed E-state index contributed by atoms with van der Waals surface area (Å²) >= 11 is 6.68. The molecule has 1 fully saturated rings. The number of hydrogen-bond donors (Lipinski definition) is 1. The van der Waals surface area contributed by atoms with Crippen molar-refractivity contribution >= 4 is 51.7 Å². The molecule has 0 aliphatic carbocycles. The summed E-state index contributed by atoms with van der Waals surface area (Å²) in [6, 6.07) is 9.92. The Morgan fingerprint density at radius 1 is 1.28 bits per heavy atom. The van der Waals surface area contributed by atoms with Crippen molar-refractivity contribution < 1.29 is 27.5 Å². The number of amides is 2. The molecule has 2 aromatic carbocycles. The second kappa shape index (κ2) is 9.83. The van der Waals surface area contributed by atoms with Crippen LogP contribution in [0, 0.1) is 0 Å². The number of rotatable bonds is 5. The number of ether oxygens (including phenoxy) is 1. The minimum atomic E-state index is -4.64. The largest absolute Gasteiger partial charge is 0.497 e. The number of aliphatic imine (C=N–C) groups is 1. The van der Waals surface area contributed by atoms with Gasteiger partial charge in [0.15, 0.2) is 5.17 Å². The van der Waals surface area contributed by atoms with E-state index in [1.54, 1.807) is 31.2 Å². The van der Waals surface area contributed by atoms with E-state index in [-0.39, 0.29) is 29.7 Å². The Morgan fingerprint density at radius 3 is 2.56 bits per heavy atom. The van der Waals surface area contributed by atoms with E-state index in [4.69, 9.17) is 16.3 Å². The molecular formula is C21H19ClF3N3O3S. The van der Waals surface area contributed by atoms with Crippen LogP contribution >= 0.6 is 23.4 Å². The lowest BCUT2D eigenvalue weighted by atomic mass is 10.2. The Labute approximate surface area is 191 Å². The third kappa shape index (κ3) is 5.55. The molecule has 11 heteroatoms. The van der Waals surface area contributed by atoms with Gasteiger partial charge in [-0.3, -0.25) is 14.5 Å². The van der Waals surface area contributed by atoms with Crippen molar-refractivity contribution in [3.8, 4) is 5.75 Å². The first-order chi connectivity index (χ1) is 15.1. The van der Waals surface area contributed by atoms with E-state index in [1.807, 2.05) is 0 Å². The molecule has 1 N–H and O–H groups in total. The van der Waals surface area contributed by atoms with Gasteiger partial charge in [-0.1, -0.05) is 23.4 Å². The van der Waals surface area contributed by atoms with Crippen molar-refractivity contribution in [1.82, 2.24) is 4.90 Å². The van der Waals surface area contributed by atoms with Gasteiger partial charge in [-0.15, -0.1) is 0 Å². The van der Waals surface area contributed by atoms with Crippen molar-refractivity contribution in [2.75, 3.05) is 19.0 Å². The molecular weight excluding hydrogens is 467 g/mol. The third-order valence-electron chi connectivity index (χ3n) is 4.59. The lowest BCUT2D eigenvalue weighted by Gasteiger charge is -2.31.